The zero-order valence-electron chi connectivity index (χ0n) is 15.3. The van der Waals surface area contributed by atoms with Crippen molar-refractivity contribution < 1.29 is 50.2 Å². The van der Waals surface area contributed by atoms with Crippen LogP contribution in [0.3, 0.4) is 0 Å². The van der Waals surface area contributed by atoms with Crippen molar-refractivity contribution in [3.63, 3.8) is 0 Å². The van der Waals surface area contributed by atoms with Gasteiger partial charge in [0.25, 0.3) is 0 Å². The molecule has 0 N–H and O–H groups in total. The van der Waals surface area contributed by atoms with Crippen molar-refractivity contribution in [2.24, 2.45) is 29.1 Å². The molecule has 5 nitrogen and oxygen atoms in total. The number of hydrogen-bond donors (Lipinski definition) is 0. The fourth-order valence-corrected chi connectivity index (χ4v) is 4.30. The molecule has 2 aliphatic heterocycles. The van der Waals surface area contributed by atoms with Crippen LogP contribution in [-0.2, 0) is 23.9 Å². The molecule has 164 valence electrons. The Morgan fingerprint density at radius 3 is 1.61 bits per heavy atom. The minimum Gasteiger partial charge on any atom is -0.431 e. The van der Waals surface area contributed by atoms with Crippen molar-refractivity contribution in [3.05, 3.63) is 59.9 Å². The predicted molar refractivity (Wildman–Crippen MR) is 89.3 cm³/mol. The van der Waals surface area contributed by atoms with E-state index >= 15 is 0 Å². The maximum atomic E-state index is 14.3. The van der Waals surface area contributed by atoms with E-state index in [-0.39, 0.29) is 5.76 Å². The molecule has 0 amide bonds. The molecule has 2 fully saturated rings. The van der Waals surface area contributed by atoms with Gasteiger partial charge in [-0.25, -0.2) is 0 Å². The number of hydrogen-bond acceptors (Lipinski definition) is 5. The first kappa shape index (κ1) is 21.1. The van der Waals surface area contributed by atoms with Gasteiger partial charge in [-0.05, 0) is 11.1 Å². The second-order valence-corrected chi connectivity index (χ2v) is 7.44. The number of alkyl halides is 6. The second kappa shape index (κ2) is 6.44. The Bertz CT molecular complexity index is 944. The van der Waals surface area contributed by atoms with Gasteiger partial charge >= 0.3 is 30.3 Å². The fraction of sp³-hybridized carbons (Fsp3) is 0.350. The third-order valence-corrected chi connectivity index (χ3v) is 5.80. The van der Waals surface area contributed by atoms with Gasteiger partial charge in [-0.2, -0.15) is 26.3 Å². The molecule has 0 saturated carbocycles. The predicted octanol–water partition coefficient (Wildman–Crippen LogP) is 3.71. The van der Waals surface area contributed by atoms with Gasteiger partial charge in [-0.3, -0.25) is 14.4 Å². The molecule has 0 aromatic rings. The van der Waals surface area contributed by atoms with E-state index in [1.807, 2.05) is 0 Å². The lowest BCUT2D eigenvalue weighted by molar-refractivity contribution is -0.309. The van der Waals surface area contributed by atoms with Crippen LogP contribution in [-0.4, -0.2) is 30.3 Å². The zero-order valence-corrected chi connectivity index (χ0v) is 15.3. The number of allylic oxidation sites excluding steroid dienone is 5. The summed E-state index contributed by atoms with van der Waals surface area (Å²) in [5.74, 6) is -8.62. The number of fused-ring (bicyclic) bond motifs is 2. The fourth-order valence-electron chi connectivity index (χ4n) is 4.30. The van der Waals surface area contributed by atoms with Crippen LogP contribution >= 0.6 is 0 Å². The molecule has 0 bridgehead atoms. The molecule has 4 unspecified atom stereocenters. The van der Waals surface area contributed by atoms with Crippen molar-refractivity contribution >= 4 is 17.9 Å². The quantitative estimate of drug-likeness (QED) is 0.368. The summed E-state index contributed by atoms with van der Waals surface area (Å²) in [6, 6.07) is 0. The average Bonchev–Trinajstić information content (AvgIpc) is 3.09. The zero-order chi connectivity index (χ0) is 22.9. The Balaban J connectivity index is 1.93. The standard InChI is InChI=1S/C20H12F6O5/c1-8-11-4-2-9(6-13(11)16(28)30-8)18(19(21,22)23,20(24,25)26)10-3-5-12-14(7-10)17(29)31-15(12)27/h2-7,11-14H,1H2. The maximum absolute atomic E-state index is 14.3. The van der Waals surface area contributed by atoms with Gasteiger partial charge in [0.1, 0.15) is 5.76 Å². The summed E-state index contributed by atoms with van der Waals surface area (Å²) in [6.45, 7) is 3.44. The molecule has 0 aromatic heterocycles. The van der Waals surface area contributed by atoms with E-state index in [1.54, 1.807) is 0 Å². The van der Waals surface area contributed by atoms with Crippen LogP contribution in [0.25, 0.3) is 0 Å². The van der Waals surface area contributed by atoms with E-state index < -0.39 is 70.5 Å². The summed E-state index contributed by atoms with van der Waals surface area (Å²) >= 11 is 0. The summed E-state index contributed by atoms with van der Waals surface area (Å²) in [4.78, 5) is 35.4. The largest absolute Gasteiger partial charge is 0.431 e. The van der Waals surface area contributed by atoms with Crippen LogP contribution in [0, 0.1) is 29.1 Å². The number of ether oxygens (including phenoxy) is 2. The first-order valence-corrected chi connectivity index (χ1v) is 8.89. The van der Waals surface area contributed by atoms with Crippen LogP contribution in [0.15, 0.2) is 59.9 Å². The Kier molecular flexibility index (Phi) is 4.39. The highest BCUT2D eigenvalue weighted by molar-refractivity contribution is 5.99. The molecule has 2 aliphatic carbocycles. The lowest BCUT2D eigenvalue weighted by Gasteiger charge is -2.41. The topological polar surface area (TPSA) is 69.7 Å². The molecule has 4 atom stereocenters. The Morgan fingerprint density at radius 1 is 0.677 bits per heavy atom. The molecule has 4 rings (SSSR count). The average molecular weight is 446 g/mol. The third kappa shape index (κ3) is 2.82. The summed E-state index contributed by atoms with van der Waals surface area (Å²) < 4.78 is 94.8. The number of rotatable bonds is 2. The van der Waals surface area contributed by atoms with Gasteiger partial charge in [-0.15, -0.1) is 0 Å². The molecular formula is C20H12F6O5. The van der Waals surface area contributed by atoms with E-state index in [0.29, 0.717) is 24.3 Å². The minimum atomic E-state index is -5.91. The highest BCUT2D eigenvalue weighted by Gasteiger charge is 2.74. The van der Waals surface area contributed by atoms with E-state index in [4.69, 9.17) is 4.74 Å². The Hall–Kier alpha value is -3.11. The van der Waals surface area contributed by atoms with Crippen molar-refractivity contribution in [2.45, 2.75) is 12.4 Å². The van der Waals surface area contributed by atoms with Gasteiger partial charge in [-0.1, -0.05) is 43.0 Å². The summed E-state index contributed by atoms with van der Waals surface area (Å²) in [5.41, 5.74) is -7.09. The van der Waals surface area contributed by atoms with Gasteiger partial charge in [0.2, 0.25) is 5.41 Å². The monoisotopic (exact) mass is 446 g/mol. The van der Waals surface area contributed by atoms with Crippen LogP contribution in [0.4, 0.5) is 26.3 Å². The number of halogens is 6. The normalized spacial score (nSPS) is 30.5. The Morgan fingerprint density at radius 2 is 1.10 bits per heavy atom. The first-order chi connectivity index (χ1) is 14.3. The molecule has 0 aromatic carbocycles. The highest BCUT2D eigenvalue weighted by Crippen LogP contribution is 2.62. The molecule has 11 heteroatoms. The number of cyclic esters (lactones) is 3. The molecule has 4 aliphatic rings. The van der Waals surface area contributed by atoms with Crippen LogP contribution in [0.2, 0.25) is 0 Å². The van der Waals surface area contributed by atoms with Crippen LogP contribution in [0.1, 0.15) is 0 Å². The number of carbonyl (C=O) groups excluding carboxylic acids is 3. The smallest absolute Gasteiger partial charge is 0.411 e. The SMILES string of the molecule is C=C1OC(=O)C2C=C(C(C3=CC4C(=O)OC(=O)C4C=C3)(C(F)(F)F)C(F)(F)F)C=CC12. The first-order valence-electron chi connectivity index (χ1n) is 8.89. The molecule has 0 radical (unpaired) electrons. The summed E-state index contributed by atoms with van der Waals surface area (Å²) in [5, 5.41) is 0. The lowest BCUT2D eigenvalue weighted by Crippen LogP contribution is -2.53. The van der Waals surface area contributed by atoms with E-state index in [9.17, 15) is 40.7 Å². The van der Waals surface area contributed by atoms with Gasteiger partial charge in [0.05, 0.1) is 23.7 Å². The van der Waals surface area contributed by atoms with E-state index in [1.165, 1.54) is 0 Å². The second-order valence-electron chi connectivity index (χ2n) is 7.44. The number of esters is 3. The van der Waals surface area contributed by atoms with Crippen molar-refractivity contribution in [1.82, 2.24) is 0 Å². The third-order valence-electron chi connectivity index (χ3n) is 5.80. The molecule has 2 heterocycles. The van der Waals surface area contributed by atoms with Crippen LogP contribution < -0.4 is 0 Å². The number of carbonyl (C=O) groups is 3. The minimum absolute atomic E-state index is 0.0852. The summed E-state index contributed by atoms with van der Waals surface area (Å²) in [7, 11) is 0. The maximum Gasteiger partial charge on any atom is 0.411 e. The van der Waals surface area contributed by atoms with E-state index in [2.05, 4.69) is 11.3 Å². The Labute approximate surface area is 170 Å². The van der Waals surface area contributed by atoms with Gasteiger partial charge in [0, 0.05) is 0 Å². The molecule has 2 saturated heterocycles. The lowest BCUT2D eigenvalue weighted by atomic mass is 9.66. The molecule has 0 spiro atoms. The van der Waals surface area contributed by atoms with Gasteiger partial charge in [0.15, 0.2) is 0 Å². The van der Waals surface area contributed by atoms with Crippen LogP contribution in [0.5, 0.6) is 0 Å². The van der Waals surface area contributed by atoms with Crippen molar-refractivity contribution in [1.29, 1.82) is 0 Å². The van der Waals surface area contributed by atoms with E-state index in [0.717, 1.165) is 12.2 Å². The van der Waals surface area contributed by atoms with Gasteiger partial charge < -0.3 is 9.47 Å². The molecule has 31 heavy (non-hydrogen) atoms. The highest BCUT2D eigenvalue weighted by atomic mass is 19.4. The summed E-state index contributed by atoms with van der Waals surface area (Å²) in [6.07, 6.45) is -7.84. The van der Waals surface area contributed by atoms with Crippen molar-refractivity contribution in [3.8, 4) is 0 Å². The molecular weight excluding hydrogens is 434 g/mol. The van der Waals surface area contributed by atoms with Crippen molar-refractivity contribution in [2.75, 3.05) is 0 Å².